The van der Waals surface area contributed by atoms with Crippen molar-refractivity contribution in [1.29, 1.82) is 0 Å². The lowest BCUT2D eigenvalue weighted by Gasteiger charge is -2.25. The monoisotopic (exact) mass is 410 g/mol. The Balaban J connectivity index is 1.63. The van der Waals surface area contributed by atoms with Crippen LogP contribution in [0.4, 0.5) is 0 Å². The first-order valence-corrected chi connectivity index (χ1v) is 10.7. The molecule has 0 aliphatic heterocycles. The zero-order valence-corrected chi connectivity index (χ0v) is 18.0. The van der Waals surface area contributed by atoms with E-state index in [0.29, 0.717) is 4.88 Å². The third-order valence-corrected chi connectivity index (χ3v) is 5.93. The first-order valence-electron chi connectivity index (χ1n) is 9.89. The highest BCUT2D eigenvalue weighted by Crippen LogP contribution is 2.34. The molecule has 1 fully saturated rings. The average molecular weight is 411 g/mol. The number of nitrogens with one attached hydrogen (secondary N) is 1. The fraction of sp³-hybridized carbons (Fsp3) is 0.409. The number of nitrogens with zero attached hydrogens (tertiary/aromatic N) is 3. The van der Waals surface area contributed by atoms with Gasteiger partial charge in [-0.1, -0.05) is 18.2 Å². The van der Waals surface area contributed by atoms with Gasteiger partial charge in [-0.25, -0.2) is 4.68 Å². The summed E-state index contributed by atoms with van der Waals surface area (Å²) in [5.74, 6) is -0.192. The van der Waals surface area contributed by atoms with E-state index in [9.17, 15) is 9.59 Å². The van der Waals surface area contributed by atoms with Crippen LogP contribution in [-0.2, 0) is 4.79 Å². The van der Waals surface area contributed by atoms with Crippen molar-refractivity contribution in [1.82, 2.24) is 20.0 Å². The van der Waals surface area contributed by atoms with E-state index >= 15 is 0 Å². The van der Waals surface area contributed by atoms with Gasteiger partial charge in [-0.15, -0.1) is 11.3 Å². The third-order valence-electron chi connectivity index (χ3n) is 4.83. The average Bonchev–Trinajstić information content (AvgIpc) is 3.32. The van der Waals surface area contributed by atoms with Crippen LogP contribution in [0.5, 0.6) is 0 Å². The van der Waals surface area contributed by atoms with Gasteiger partial charge in [0, 0.05) is 17.0 Å². The summed E-state index contributed by atoms with van der Waals surface area (Å²) in [7, 11) is 0. The first-order chi connectivity index (χ1) is 13.7. The first kappa shape index (κ1) is 19.6. The smallest absolute Gasteiger partial charge is 0.264 e. The molecule has 0 atom stereocenters. The number of carbonyl (C=O) groups is 2. The van der Waals surface area contributed by atoms with Crippen molar-refractivity contribution in [2.45, 2.75) is 52.1 Å². The van der Waals surface area contributed by atoms with Crippen LogP contribution >= 0.6 is 11.3 Å². The molecule has 1 aliphatic carbocycles. The normalized spacial score (nSPS) is 14.2. The van der Waals surface area contributed by atoms with Gasteiger partial charge in [-0.2, -0.15) is 5.10 Å². The molecule has 0 saturated heterocycles. The van der Waals surface area contributed by atoms with Gasteiger partial charge >= 0.3 is 0 Å². The third kappa shape index (κ3) is 4.19. The van der Waals surface area contributed by atoms with Crippen LogP contribution in [0, 0.1) is 6.92 Å². The standard InChI is InChI=1S/C22H26N4O2S/c1-14-17-12-18(29-21(17)26(24-14)16-8-6-5-7-9-16)20(28)25(15-10-11-15)13-19(27)23-22(2,3)4/h5-9,12,15H,10-11,13H2,1-4H3,(H,23,27). The predicted molar refractivity (Wildman–Crippen MR) is 116 cm³/mol. The lowest BCUT2D eigenvalue weighted by atomic mass is 10.1. The van der Waals surface area contributed by atoms with Gasteiger partial charge in [0.1, 0.15) is 11.4 Å². The van der Waals surface area contributed by atoms with E-state index in [4.69, 9.17) is 0 Å². The van der Waals surface area contributed by atoms with Crippen molar-refractivity contribution in [2.24, 2.45) is 0 Å². The van der Waals surface area contributed by atoms with E-state index in [1.807, 2.05) is 68.8 Å². The zero-order valence-electron chi connectivity index (χ0n) is 17.2. The number of aryl methyl sites for hydroxylation is 1. The molecule has 0 bridgehead atoms. The lowest BCUT2D eigenvalue weighted by Crippen LogP contribution is -2.47. The van der Waals surface area contributed by atoms with Crippen molar-refractivity contribution in [2.75, 3.05) is 6.54 Å². The molecule has 6 nitrogen and oxygen atoms in total. The van der Waals surface area contributed by atoms with Gasteiger partial charge in [0.25, 0.3) is 5.91 Å². The van der Waals surface area contributed by atoms with E-state index in [0.717, 1.165) is 34.4 Å². The fourth-order valence-electron chi connectivity index (χ4n) is 3.40. The van der Waals surface area contributed by atoms with Crippen LogP contribution in [0.3, 0.4) is 0 Å². The van der Waals surface area contributed by atoms with E-state index in [2.05, 4.69) is 10.4 Å². The molecule has 2 heterocycles. The molecular weight excluding hydrogens is 384 g/mol. The van der Waals surface area contributed by atoms with Crippen LogP contribution in [0.15, 0.2) is 36.4 Å². The van der Waals surface area contributed by atoms with Crippen molar-refractivity contribution in [3.8, 4) is 5.69 Å². The number of benzene rings is 1. The molecular formula is C22H26N4O2S. The maximum absolute atomic E-state index is 13.3. The highest BCUT2D eigenvalue weighted by Gasteiger charge is 2.35. The highest BCUT2D eigenvalue weighted by molar-refractivity contribution is 7.20. The Kier molecular flexibility index (Phi) is 4.94. The minimum Gasteiger partial charge on any atom is -0.350 e. The molecule has 3 aromatic rings. The topological polar surface area (TPSA) is 67.2 Å². The second kappa shape index (κ2) is 7.30. The summed E-state index contributed by atoms with van der Waals surface area (Å²) in [6.07, 6.45) is 1.91. The van der Waals surface area contributed by atoms with Crippen molar-refractivity contribution < 1.29 is 9.59 Å². The minimum absolute atomic E-state index is 0.0724. The van der Waals surface area contributed by atoms with E-state index in [-0.39, 0.29) is 29.9 Å². The Bertz CT molecular complexity index is 1060. The van der Waals surface area contributed by atoms with Gasteiger partial charge in [-0.05, 0) is 58.7 Å². The number of aromatic nitrogens is 2. The SMILES string of the molecule is Cc1nn(-c2ccccc2)c2sc(C(=O)N(CC(=O)NC(C)(C)C)C3CC3)cc12. The molecule has 29 heavy (non-hydrogen) atoms. The fourth-order valence-corrected chi connectivity index (χ4v) is 4.54. The molecule has 0 radical (unpaired) electrons. The molecule has 1 aromatic carbocycles. The summed E-state index contributed by atoms with van der Waals surface area (Å²) in [6, 6.07) is 12.0. The van der Waals surface area contributed by atoms with Crippen LogP contribution in [-0.4, -0.2) is 44.6 Å². The Morgan fingerprint density at radius 3 is 2.55 bits per heavy atom. The molecule has 1 N–H and O–H groups in total. The van der Waals surface area contributed by atoms with Crippen molar-refractivity contribution in [3.63, 3.8) is 0 Å². The maximum atomic E-state index is 13.3. The second-order valence-corrected chi connectivity index (χ2v) is 9.66. The Morgan fingerprint density at radius 1 is 1.24 bits per heavy atom. The molecule has 1 aliphatic rings. The Morgan fingerprint density at radius 2 is 1.93 bits per heavy atom. The van der Waals surface area contributed by atoms with Crippen LogP contribution in [0.1, 0.15) is 49.0 Å². The second-order valence-electron chi connectivity index (χ2n) is 8.62. The Hall–Kier alpha value is -2.67. The summed E-state index contributed by atoms with van der Waals surface area (Å²) in [4.78, 5) is 29.0. The minimum atomic E-state index is -0.316. The summed E-state index contributed by atoms with van der Waals surface area (Å²) in [6.45, 7) is 7.88. The molecule has 0 spiro atoms. The van der Waals surface area contributed by atoms with Crippen molar-refractivity contribution in [3.05, 3.63) is 47.0 Å². The molecule has 2 amide bonds. The lowest BCUT2D eigenvalue weighted by molar-refractivity contribution is -0.123. The van der Waals surface area contributed by atoms with Crippen LogP contribution < -0.4 is 5.32 Å². The van der Waals surface area contributed by atoms with E-state index < -0.39 is 0 Å². The van der Waals surface area contributed by atoms with Gasteiger partial charge in [0.2, 0.25) is 5.91 Å². The number of hydrogen-bond acceptors (Lipinski definition) is 4. The number of fused-ring (bicyclic) bond motifs is 1. The largest absolute Gasteiger partial charge is 0.350 e. The number of carbonyl (C=O) groups excluding carboxylic acids is 2. The molecule has 7 heteroatoms. The summed E-state index contributed by atoms with van der Waals surface area (Å²) in [5.41, 5.74) is 1.54. The van der Waals surface area contributed by atoms with Crippen LogP contribution in [0.2, 0.25) is 0 Å². The van der Waals surface area contributed by atoms with Crippen LogP contribution in [0.25, 0.3) is 15.9 Å². The molecule has 2 aromatic heterocycles. The number of thiophene rings is 1. The maximum Gasteiger partial charge on any atom is 0.264 e. The van der Waals surface area contributed by atoms with Gasteiger partial charge in [-0.3, -0.25) is 9.59 Å². The molecule has 1 saturated carbocycles. The van der Waals surface area contributed by atoms with Gasteiger partial charge in [0.05, 0.1) is 16.3 Å². The van der Waals surface area contributed by atoms with E-state index in [1.54, 1.807) is 4.90 Å². The number of rotatable bonds is 5. The zero-order chi connectivity index (χ0) is 20.8. The highest BCUT2D eigenvalue weighted by atomic mass is 32.1. The van der Waals surface area contributed by atoms with Gasteiger partial charge in [0.15, 0.2) is 0 Å². The van der Waals surface area contributed by atoms with E-state index in [1.165, 1.54) is 11.3 Å². The van der Waals surface area contributed by atoms with Crippen molar-refractivity contribution >= 4 is 33.4 Å². The number of para-hydroxylation sites is 1. The summed E-state index contributed by atoms with van der Waals surface area (Å²) < 4.78 is 1.89. The quantitative estimate of drug-likeness (QED) is 0.693. The molecule has 152 valence electrons. The summed E-state index contributed by atoms with van der Waals surface area (Å²) >= 11 is 1.44. The number of hydrogen-bond donors (Lipinski definition) is 1. The predicted octanol–water partition coefficient (Wildman–Crippen LogP) is 3.91. The Labute approximate surface area is 174 Å². The molecule has 4 rings (SSSR count). The number of amides is 2. The van der Waals surface area contributed by atoms with Gasteiger partial charge < -0.3 is 10.2 Å². The summed E-state index contributed by atoms with van der Waals surface area (Å²) in [5, 5.41) is 8.58. The molecule has 0 unspecified atom stereocenters.